The highest BCUT2D eigenvalue weighted by molar-refractivity contribution is 6.32. The number of rotatable bonds is 8. The molecule has 264 valence electrons. The lowest BCUT2D eigenvalue weighted by molar-refractivity contribution is -0.181. The number of phenols is 1. The van der Waals surface area contributed by atoms with Crippen molar-refractivity contribution in [1.29, 1.82) is 0 Å². The van der Waals surface area contributed by atoms with Gasteiger partial charge in [-0.15, -0.1) is 0 Å². The molecule has 1 saturated heterocycles. The molecule has 6 rings (SSSR count). The zero-order valence-corrected chi connectivity index (χ0v) is 28.3. The van der Waals surface area contributed by atoms with Gasteiger partial charge in [-0.1, -0.05) is 30.3 Å². The first kappa shape index (κ1) is 35.1. The third-order valence-electron chi connectivity index (χ3n) is 10.9. The first-order valence-corrected chi connectivity index (χ1v) is 16.6. The number of Topliss-reactive ketones (excluding diaryl/α,β-unsaturated/α-hetero) is 5. The van der Waals surface area contributed by atoms with Crippen LogP contribution in [0.5, 0.6) is 5.75 Å². The molecule has 1 aliphatic heterocycles. The molecule has 2 unspecified atom stereocenters. The van der Waals surface area contributed by atoms with Crippen molar-refractivity contribution in [1.82, 2.24) is 9.80 Å². The molecule has 3 fully saturated rings. The number of hydrogen-bond donors (Lipinski definition) is 4. The lowest BCUT2D eigenvalue weighted by Crippen LogP contribution is -2.74. The minimum absolute atomic E-state index is 0.0182. The molecule has 2 amide bonds. The maximum absolute atomic E-state index is 14.3. The van der Waals surface area contributed by atoms with Crippen LogP contribution in [0.25, 0.3) is 0 Å². The van der Waals surface area contributed by atoms with E-state index in [1.54, 1.807) is 60.3 Å². The second kappa shape index (κ2) is 12.8. The van der Waals surface area contributed by atoms with E-state index in [4.69, 9.17) is 5.73 Å². The summed E-state index contributed by atoms with van der Waals surface area (Å²) < 4.78 is 0. The van der Waals surface area contributed by atoms with Crippen LogP contribution in [0.1, 0.15) is 45.5 Å². The number of nitrogens with one attached hydrogen (secondary N) is 1. The summed E-state index contributed by atoms with van der Waals surface area (Å²) in [6, 6.07) is 8.40. The van der Waals surface area contributed by atoms with E-state index in [9.17, 15) is 43.8 Å². The van der Waals surface area contributed by atoms with Gasteiger partial charge in [0.1, 0.15) is 5.75 Å². The van der Waals surface area contributed by atoms with Gasteiger partial charge in [0.2, 0.25) is 11.8 Å². The second-order valence-electron chi connectivity index (χ2n) is 14.2. The Morgan fingerprint density at radius 2 is 1.72 bits per heavy atom. The van der Waals surface area contributed by atoms with Gasteiger partial charge in [0.05, 0.1) is 35.8 Å². The molecule has 0 aromatic heterocycles. The number of hydrogen-bond acceptors (Lipinski definition) is 12. The van der Waals surface area contributed by atoms with E-state index in [0.29, 0.717) is 36.2 Å². The highest BCUT2D eigenvalue weighted by atomic mass is 16.3. The van der Waals surface area contributed by atoms with Crippen LogP contribution in [-0.4, -0.2) is 120 Å². The van der Waals surface area contributed by atoms with Crippen molar-refractivity contribution in [2.45, 2.75) is 43.4 Å². The zero-order chi connectivity index (χ0) is 36.4. The van der Waals surface area contributed by atoms with E-state index < -0.39 is 82.1 Å². The van der Waals surface area contributed by atoms with E-state index in [-0.39, 0.29) is 36.4 Å². The maximum Gasteiger partial charge on any atom is 0.241 e. The van der Waals surface area contributed by atoms with Crippen LogP contribution in [0.15, 0.2) is 36.4 Å². The predicted octanol–water partition coefficient (Wildman–Crippen LogP) is 0.219. The molecule has 4 aliphatic rings. The number of carbonyl (C=O) groups excluding carboxylic acids is 7. The Morgan fingerprint density at radius 3 is 2.34 bits per heavy atom. The molecule has 2 saturated carbocycles. The van der Waals surface area contributed by atoms with Gasteiger partial charge in [-0.2, -0.15) is 0 Å². The quantitative estimate of drug-likeness (QED) is 0.167. The Morgan fingerprint density at radius 1 is 1.04 bits per heavy atom. The number of benzene rings is 2. The molecule has 1 heterocycles. The second-order valence-corrected chi connectivity index (χ2v) is 14.2. The normalized spacial score (nSPS) is 29.3. The summed E-state index contributed by atoms with van der Waals surface area (Å²) in [5, 5.41) is 26.2. The number of phenolic OH excluding ortho intramolecular Hbond substituents is 1. The van der Waals surface area contributed by atoms with Gasteiger partial charge in [-0.25, -0.2) is 0 Å². The number of primary amides is 1. The maximum atomic E-state index is 14.3. The molecule has 0 bridgehead atoms. The van der Waals surface area contributed by atoms with Crippen LogP contribution in [0.2, 0.25) is 0 Å². The molecule has 3 aliphatic carbocycles. The van der Waals surface area contributed by atoms with Crippen LogP contribution >= 0.6 is 0 Å². The summed E-state index contributed by atoms with van der Waals surface area (Å²) in [6.07, 6.45) is 1.14. The third kappa shape index (κ3) is 5.42. The Hall–Kier alpha value is -4.79. The summed E-state index contributed by atoms with van der Waals surface area (Å²) in [5.74, 6) is -12.3. The minimum Gasteiger partial charge on any atom is -0.505 e. The van der Waals surface area contributed by atoms with Crippen molar-refractivity contribution in [3.05, 3.63) is 53.1 Å². The summed E-state index contributed by atoms with van der Waals surface area (Å²) in [5.41, 5.74) is 3.69. The smallest absolute Gasteiger partial charge is 0.241 e. The van der Waals surface area contributed by atoms with E-state index in [1.165, 1.54) is 19.0 Å². The molecule has 5 N–H and O–H groups in total. The number of ketones is 5. The Bertz CT molecular complexity index is 1830. The summed E-state index contributed by atoms with van der Waals surface area (Å²) in [4.78, 5) is 99.2. The standard InChI is InChI=1S/C36H41N5O9/c1-39(2)23-15-21(38-35(49)22-11-8-12-41(22)16-24(42)17-9-6-5-7-10-17)29(43)26-19(23)13-18-14-20-28(40(3)4)31(45)27(34(37)48)33(47)36(20,50)32(46)25(18)30(26)44/h5-7,9-10,15,18,20,22,25,27-28,43,50H,8,11-14,16H2,1-4H3,(H2,37,48)(H,38,49)/t18-,20-,22-,25?,27?,28-,36-/m0/s1. The zero-order valence-electron chi connectivity index (χ0n) is 28.3. The fourth-order valence-electron chi connectivity index (χ4n) is 8.57. The van der Waals surface area contributed by atoms with Crippen LogP contribution in [0.4, 0.5) is 11.4 Å². The molecular weight excluding hydrogens is 646 g/mol. The van der Waals surface area contributed by atoms with E-state index in [2.05, 4.69) is 5.32 Å². The van der Waals surface area contributed by atoms with Crippen molar-refractivity contribution in [2.24, 2.45) is 29.4 Å². The van der Waals surface area contributed by atoms with Crippen LogP contribution in [-0.2, 0) is 30.4 Å². The number of fused-ring (bicyclic) bond motifs is 3. The number of likely N-dealkylation sites (N-methyl/N-ethyl adjacent to an activating group) is 1. The lowest BCUT2D eigenvalue weighted by atomic mass is 9.52. The molecule has 50 heavy (non-hydrogen) atoms. The SMILES string of the molecule is CN(C)c1cc(NC(=O)[C@@H]2CCCN2CC(=O)c2ccccc2)c(O)c2c1C[C@H]1C[C@H]3[C@H](N(C)C)C(=O)C(C(N)=O)C(=O)[C@@]3(O)C(=O)C1C2=O. The molecular formula is C36H41N5O9. The monoisotopic (exact) mass is 687 g/mol. The Labute approximate surface area is 288 Å². The van der Waals surface area contributed by atoms with Crippen molar-refractivity contribution in [2.75, 3.05) is 51.5 Å². The van der Waals surface area contributed by atoms with E-state index in [1.807, 2.05) is 0 Å². The number of nitrogens with zero attached hydrogens (tertiary/aromatic N) is 3. The lowest BCUT2D eigenvalue weighted by Gasteiger charge is -2.52. The third-order valence-corrected chi connectivity index (χ3v) is 10.9. The summed E-state index contributed by atoms with van der Waals surface area (Å²) in [7, 11) is 6.49. The topological polar surface area (TPSA) is 208 Å². The number of aliphatic hydroxyl groups is 1. The molecule has 0 spiro atoms. The fraction of sp³-hybridized carbons (Fsp3) is 0.472. The largest absolute Gasteiger partial charge is 0.505 e. The van der Waals surface area contributed by atoms with Crippen molar-refractivity contribution >= 4 is 52.1 Å². The van der Waals surface area contributed by atoms with Gasteiger partial charge in [0, 0.05) is 31.3 Å². The average molecular weight is 688 g/mol. The van der Waals surface area contributed by atoms with Gasteiger partial charge >= 0.3 is 0 Å². The number of anilines is 2. The molecule has 2 aromatic carbocycles. The Balaban J connectivity index is 1.34. The highest BCUT2D eigenvalue weighted by Crippen LogP contribution is 2.52. The number of aromatic hydroxyl groups is 1. The molecule has 2 aromatic rings. The number of carbonyl (C=O) groups is 7. The predicted molar refractivity (Wildman–Crippen MR) is 180 cm³/mol. The van der Waals surface area contributed by atoms with Crippen LogP contribution in [0.3, 0.4) is 0 Å². The van der Waals surface area contributed by atoms with Crippen molar-refractivity contribution in [3.8, 4) is 5.75 Å². The van der Waals surface area contributed by atoms with Gasteiger partial charge in [0.15, 0.2) is 40.4 Å². The molecule has 7 atom stereocenters. The molecule has 14 nitrogen and oxygen atoms in total. The van der Waals surface area contributed by atoms with Crippen molar-refractivity contribution < 1.29 is 43.8 Å². The number of nitrogens with two attached hydrogens (primary N) is 1. The van der Waals surface area contributed by atoms with E-state index >= 15 is 0 Å². The van der Waals surface area contributed by atoms with Gasteiger partial charge in [0.25, 0.3) is 0 Å². The molecule has 14 heteroatoms. The average Bonchev–Trinajstić information content (AvgIpc) is 3.52. The van der Waals surface area contributed by atoms with Gasteiger partial charge < -0.3 is 26.2 Å². The highest BCUT2D eigenvalue weighted by Gasteiger charge is 2.69. The van der Waals surface area contributed by atoms with Gasteiger partial charge in [-0.3, -0.25) is 43.4 Å². The van der Waals surface area contributed by atoms with Crippen LogP contribution in [0, 0.1) is 23.7 Å². The first-order valence-electron chi connectivity index (χ1n) is 16.6. The van der Waals surface area contributed by atoms with Gasteiger partial charge in [-0.05, 0) is 63.9 Å². The minimum atomic E-state index is -2.84. The Kier molecular flexibility index (Phi) is 8.99. The first-order chi connectivity index (χ1) is 23.6. The molecule has 0 radical (unpaired) electrons. The van der Waals surface area contributed by atoms with Crippen LogP contribution < -0.4 is 16.0 Å². The fourth-order valence-corrected chi connectivity index (χ4v) is 8.57. The van der Waals surface area contributed by atoms with Crippen molar-refractivity contribution in [3.63, 3.8) is 0 Å². The number of likely N-dealkylation sites (tertiary alicyclic amines) is 1. The summed E-state index contributed by atoms with van der Waals surface area (Å²) >= 11 is 0. The summed E-state index contributed by atoms with van der Waals surface area (Å²) in [6.45, 7) is 0.531. The van der Waals surface area contributed by atoms with E-state index in [0.717, 1.165) is 0 Å². The number of amides is 2.